The van der Waals surface area contributed by atoms with Crippen LogP contribution in [0.4, 0.5) is 0 Å². The van der Waals surface area contributed by atoms with E-state index in [-0.39, 0.29) is 5.92 Å². The Morgan fingerprint density at radius 1 is 1.20 bits per heavy atom. The highest BCUT2D eigenvalue weighted by Gasteiger charge is 2.17. The molecule has 1 aromatic carbocycles. The normalized spacial score (nSPS) is 22.3. The van der Waals surface area contributed by atoms with E-state index in [1.54, 1.807) is 6.08 Å². The Hall–Kier alpha value is -2.03. The summed E-state index contributed by atoms with van der Waals surface area (Å²) in [5.74, 6) is 0.0326. The quantitative estimate of drug-likeness (QED) is 0.651. The van der Waals surface area contributed by atoms with Crippen LogP contribution in [0.25, 0.3) is 0 Å². The molecule has 0 heterocycles. The van der Waals surface area contributed by atoms with Crippen molar-refractivity contribution in [2.24, 2.45) is 5.92 Å². The van der Waals surface area contributed by atoms with Crippen molar-refractivity contribution in [3.8, 4) is 5.75 Å². The van der Waals surface area contributed by atoms with Gasteiger partial charge in [0.15, 0.2) is 0 Å². The molecule has 20 heavy (non-hydrogen) atoms. The molecule has 0 fully saturated rings. The Bertz CT molecular complexity index is 547. The lowest BCUT2D eigenvalue weighted by Gasteiger charge is -2.22. The number of aliphatic carboxylic acids is 1. The minimum Gasteiger partial charge on any atom is -0.507 e. The summed E-state index contributed by atoms with van der Waals surface area (Å²) in [5.41, 5.74) is 3.03. The van der Waals surface area contributed by atoms with Crippen LogP contribution in [0.15, 0.2) is 36.4 Å². The van der Waals surface area contributed by atoms with Crippen LogP contribution < -0.4 is 0 Å². The number of hydrogen-bond acceptors (Lipinski definition) is 2. The molecule has 0 bridgehead atoms. The van der Waals surface area contributed by atoms with Gasteiger partial charge in [0.25, 0.3) is 0 Å². The zero-order valence-electron chi connectivity index (χ0n) is 11.8. The van der Waals surface area contributed by atoms with E-state index in [0.717, 1.165) is 24.0 Å². The van der Waals surface area contributed by atoms with Crippen LogP contribution in [-0.4, -0.2) is 16.2 Å². The summed E-state index contributed by atoms with van der Waals surface area (Å²) in [7, 11) is 0. The van der Waals surface area contributed by atoms with Gasteiger partial charge < -0.3 is 10.2 Å². The van der Waals surface area contributed by atoms with Crippen molar-refractivity contribution >= 4 is 5.97 Å². The Kier molecular flexibility index (Phi) is 4.28. The summed E-state index contributed by atoms with van der Waals surface area (Å²) in [6, 6.07) is 4.06. The minimum absolute atomic E-state index is 0.210. The lowest BCUT2D eigenvalue weighted by atomic mass is 9.83. The van der Waals surface area contributed by atoms with E-state index in [0.29, 0.717) is 11.7 Å². The fourth-order valence-electron chi connectivity index (χ4n) is 2.69. The van der Waals surface area contributed by atoms with E-state index in [4.69, 9.17) is 5.11 Å². The predicted octanol–water partition coefficient (Wildman–Crippen LogP) is 3.70. The molecule has 1 aromatic rings. The van der Waals surface area contributed by atoms with Gasteiger partial charge in [-0.15, -0.1) is 0 Å². The smallest absolute Gasteiger partial charge is 0.327 e. The molecular formula is C17H20O3. The molecule has 1 aliphatic carbocycles. The molecule has 106 valence electrons. The first kappa shape index (κ1) is 14.4. The standard InChI is InChI=1S/C17H20O3/c1-11-9-15(10-12(2)17(11)20)14-6-3-13(4-7-14)5-8-16(18)19/h3,5-6,8-10,13-14,20H,4,7H2,1-2H3,(H,18,19)/b8-5+. The maximum absolute atomic E-state index is 10.5. The summed E-state index contributed by atoms with van der Waals surface area (Å²) >= 11 is 0. The highest BCUT2D eigenvalue weighted by Crippen LogP contribution is 2.34. The Morgan fingerprint density at radius 3 is 2.35 bits per heavy atom. The number of carbonyl (C=O) groups is 1. The molecular weight excluding hydrogens is 252 g/mol. The Morgan fingerprint density at radius 2 is 1.85 bits per heavy atom. The van der Waals surface area contributed by atoms with E-state index in [2.05, 4.69) is 12.2 Å². The number of hydrogen-bond donors (Lipinski definition) is 2. The van der Waals surface area contributed by atoms with Gasteiger partial charge in [-0.05, 0) is 49.3 Å². The van der Waals surface area contributed by atoms with Gasteiger partial charge in [-0.3, -0.25) is 0 Å². The molecule has 2 atom stereocenters. The number of aryl methyl sites for hydroxylation is 2. The summed E-state index contributed by atoms with van der Waals surface area (Å²) in [6.07, 6.45) is 9.11. The number of phenolic OH excluding ortho intramolecular Hbond substituents is 1. The van der Waals surface area contributed by atoms with Gasteiger partial charge in [-0.25, -0.2) is 4.79 Å². The number of allylic oxidation sites excluding steroid dienone is 3. The van der Waals surface area contributed by atoms with Crippen molar-refractivity contribution in [2.75, 3.05) is 0 Å². The molecule has 0 aliphatic heterocycles. The third-order valence-electron chi connectivity index (χ3n) is 3.83. The molecule has 0 aromatic heterocycles. The zero-order chi connectivity index (χ0) is 14.7. The number of benzene rings is 1. The van der Waals surface area contributed by atoms with Gasteiger partial charge in [0, 0.05) is 12.0 Å². The molecule has 0 saturated carbocycles. The average molecular weight is 272 g/mol. The molecule has 2 unspecified atom stereocenters. The van der Waals surface area contributed by atoms with E-state index in [1.165, 1.54) is 11.6 Å². The summed E-state index contributed by atoms with van der Waals surface area (Å²) < 4.78 is 0. The highest BCUT2D eigenvalue weighted by atomic mass is 16.4. The number of rotatable bonds is 3. The van der Waals surface area contributed by atoms with Crippen LogP contribution in [0.3, 0.4) is 0 Å². The monoisotopic (exact) mass is 272 g/mol. The Balaban J connectivity index is 2.13. The second-order valence-corrected chi connectivity index (χ2v) is 5.43. The molecule has 3 nitrogen and oxygen atoms in total. The lowest BCUT2D eigenvalue weighted by molar-refractivity contribution is -0.131. The van der Waals surface area contributed by atoms with Gasteiger partial charge in [0.05, 0.1) is 0 Å². The third kappa shape index (κ3) is 3.29. The van der Waals surface area contributed by atoms with Crippen LogP contribution in [0.2, 0.25) is 0 Å². The first-order valence-corrected chi connectivity index (χ1v) is 6.87. The zero-order valence-corrected chi connectivity index (χ0v) is 11.8. The number of aromatic hydroxyl groups is 1. The Labute approximate surface area is 119 Å². The van der Waals surface area contributed by atoms with E-state index < -0.39 is 5.97 Å². The third-order valence-corrected chi connectivity index (χ3v) is 3.83. The predicted molar refractivity (Wildman–Crippen MR) is 79.0 cm³/mol. The highest BCUT2D eigenvalue weighted by molar-refractivity contribution is 5.79. The van der Waals surface area contributed by atoms with Crippen molar-refractivity contribution in [2.45, 2.75) is 32.6 Å². The molecule has 2 rings (SSSR count). The van der Waals surface area contributed by atoms with Gasteiger partial charge in [-0.2, -0.15) is 0 Å². The van der Waals surface area contributed by atoms with E-state index in [1.807, 2.05) is 26.0 Å². The van der Waals surface area contributed by atoms with Crippen LogP contribution in [0, 0.1) is 19.8 Å². The van der Waals surface area contributed by atoms with Crippen LogP contribution in [-0.2, 0) is 4.79 Å². The summed E-state index contributed by atoms with van der Waals surface area (Å²) in [4.78, 5) is 10.5. The van der Waals surface area contributed by atoms with E-state index >= 15 is 0 Å². The van der Waals surface area contributed by atoms with E-state index in [9.17, 15) is 9.90 Å². The van der Waals surface area contributed by atoms with Crippen LogP contribution in [0.1, 0.15) is 35.4 Å². The van der Waals surface area contributed by atoms with Crippen molar-refractivity contribution in [3.63, 3.8) is 0 Å². The second-order valence-electron chi connectivity index (χ2n) is 5.43. The second kappa shape index (κ2) is 5.95. The molecule has 0 amide bonds. The number of carboxylic acids is 1. The largest absolute Gasteiger partial charge is 0.507 e. The maximum Gasteiger partial charge on any atom is 0.327 e. The van der Waals surface area contributed by atoms with Crippen molar-refractivity contribution in [1.29, 1.82) is 0 Å². The van der Waals surface area contributed by atoms with Crippen molar-refractivity contribution in [1.82, 2.24) is 0 Å². The molecule has 0 radical (unpaired) electrons. The van der Waals surface area contributed by atoms with Gasteiger partial charge >= 0.3 is 5.97 Å². The topological polar surface area (TPSA) is 57.5 Å². The fraction of sp³-hybridized carbons (Fsp3) is 0.353. The minimum atomic E-state index is -0.898. The average Bonchev–Trinajstić information content (AvgIpc) is 2.42. The summed E-state index contributed by atoms with van der Waals surface area (Å²) in [5, 5.41) is 18.4. The van der Waals surface area contributed by atoms with Crippen molar-refractivity contribution in [3.05, 3.63) is 53.1 Å². The molecule has 0 spiro atoms. The van der Waals surface area contributed by atoms with Gasteiger partial charge in [0.2, 0.25) is 0 Å². The first-order chi connectivity index (χ1) is 9.47. The fourth-order valence-corrected chi connectivity index (χ4v) is 2.69. The first-order valence-electron chi connectivity index (χ1n) is 6.87. The SMILES string of the molecule is Cc1cc(C2C=CC(/C=C/C(=O)O)CC2)cc(C)c1O. The van der Waals surface area contributed by atoms with Gasteiger partial charge in [0.1, 0.15) is 5.75 Å². The van der Waals surface area contributed by atoms with Crippen LogP contribution >= 0.6 is 0 Å². The molecule has 1 aliphatic rings. The maximum atomic E-state index is 10.5. The number of carboxylic acid groups (broad SMARTS) is 1. The van der Waals surface area contributed by atoms with Gasteiger partial charge in [-0.1, -0.05) is 30.4 Å². The van der Waals surface area contributed by atoms with Crippen LogP contribution in [0.5, 0.6) is 5.75 Å². The summed E-state index contributed by atoms with van der Waals surface area (Å²) in [6.45, 7) is 3.83. The lowest BCUT2D eigenvalue weighted by Crippen LogP contribution is -2.07. The van der Waals surface area contributed by atoms with Crippen molar-refractivity contribution < 1.29 is 15.0 Å². The molecule has 3 heteroatoms. The molecule has 2 N–H and O–H groups in total. The molecule has 0 saturated heterocycles. The number of phenols is 1.